The van der Waals surface area contributed by atoms with Crippen LogP contribution in [0.15, 0.2) is 39.9 Å². The highest BCUT2D eigenvalue weighted by molar-refractivity contribution is 9.10. The van der Waals surface area contributed by atoms with E-state index in [4.69, 9.17) is 10.7 Å². The van der Waals surface area contributed by atoms with Crippen LogP contribution in [0.2, 0.25) is 0 Å². The molecule has 1 saturated heterocycles. The van der Waals surface area contributed by atoms with Crippen molar-refractivity contribution < 1.29 is 0 Å². The minimum Gasteiger partial charge on any atom is -0.370 e. The van der Waals surface area contributed by atoms with Gasteiger partial charge in [0.2, 0.25) is 5.95 Å². The van der Waals surface area contributed by atoms with Gasteiger partial charge in [0.25, 0.3) is 5.56 Å². The Kier molecular flexibility index (Phi) is 5.86. The zero-order valence-corrected chi connectivity index (χ0v) is 20.7. The van der Waals surface area contributed by atoms with Gasteiger partial charge < -0.3 is 16.0 Å². The van der Waals surface area contributed by atoms with Crippen LogP contribution >= 0.6 is 15.9 Å². The molecule has 5 rings (SSSR count). The monoisotopic (exact) mass is 511 g/mol. The van der Waals surface area contributed by atoms with Crippen molar-refractivity contribution in [3.8, 4) is 0 Å². The molecule has 1 aliphatic carbocycles. The summed E-state index contributed by atoms with van der Waals surface area (Å²) in [5.74, 6) is 1.57. The van der Waals surface area contributed by atoms with Crippen molar-refractivity contribution in [1.29, 1.82) is 0 Å². The Morgan fingerprint density at radius 2 is 1.94 bits per heavy atom. The van der Waals surface area contributed by atoms with Crippen molar-refractivity contribution in [3.05, 3.63) is 45.4 Å². The van der Waals surface area contributed by atoms with E-state index in [1.807, 2.05) is 16.8 Å². The summed E-state index contributed by atoms with van der Waals surface area (Å²) in [6.45, 7) is 6.13. The molecule has 3 aromatic rings. The van der Waals surface area contributed by atoms with Gasteiger partial charge in [-0.15, -0.1) is 0 Å². The molecule has 8 nitrogen and oxygen atoms in total. The molecule has 1 atom stereocenters. The fraction of sp³-hybridized carbons (Fsp3) is 0.500. The fourth-order valence-corrected chi connectivity index (χ4v) is 5.45. The quantitative estimate of drug-likeness (QED) is 0.524. The molecule has 2 fully saturated rings. The zero-order valence-electron chi connectivity index (χ0n) is 19.1. The second kappa shape index (κ2) is 8.68. The first-order valence-electron chi connectivity index (χ1n) is 11.6. The Balaban J connectivity index is 1.38. The number of anilines is 3. The number of aromatic nitrogens is 4. The van der Waals surface area contributed by atoms with Crippen LogP contribution in [0, 0.1) is 5.92 Å². The van der Waals surface area contributed by atoms with Crippen molar-refractivity contribution in [2.75, 3.05) is 23.3 Å². The normalized spacial score (nSPS) is 19.5. The van der Waals surface area contributed by atoms with E-state index in [-0.39, 0.29) is 17.1 Å². The van der Waals surface area contributed by atoms with Crippen molar-refractivity contribution in [3.63, 3.8) is 0 Å². The van der Waals surface area contributed by atoms with Crippen LogP contribution in [0.5, 0.6) is 0 Å². The van der Waals surface area contributed by atoms with Crippen LogP contribution in [0.4, 0.5) is 17.5 Å². The average molecular weight is 512 g/mol. The number of nitrogens with zero attached hydrogens (tertiary/aromatic N) is 5. The van der Waals surface area contributed by atoms with E-state index < -0.39 is 0 Å². The minimum atomic E-state index is -0.175. The first kappa shape index (κ1) is 22.3. The topological polar surface area (TPSA) is 102 Å². The summed E-state index contributed by atoms with van der Waals surface area (Å²) in [4.78, 5) is 29.0. The van der Waals surface area contributed by atoms with Gasteiger partial charge in [-0.2, -0.15) is 4.98 Å². The first-order valence-corrected chi connectivity index (χ1v) is 12.4. The van der Waals surface area contributed by atoms with Gasteiger partial charge in [0, 0.05) is 36.3 Å². The third kappa shape index (κ3) is 4.48. The summed E-state index contributed by atoms with van der Waals surface area (Å²) in [7, 11) is 0. The highest BCUT2D eigenvalue weighted by atomic mass is 79.9. The molecular formula is C24H30BrN7O. The lowest BCUT2D eigenvalue weighted by molar-refractivity contribution is 0.348. The van der Waals surface area contributed by atoms with Crippen LogP contribution in [0.3, 0.4) is 0 Å². The lowest BCUT2D eigenvalue weighted by Crippen LogP contribution is -2.42. The lowest BCUT2D eigenvalue weighted by Gasteiger charge is -2.27. The predicted octanol–water partition coefficient (Wildman–Crippen LogP) is 4.37. The molecule has 3 aromatic heterocycles. The molecule has 0 amide bonds. The van der Waals surface area contributed by atoms with Gasteiger partial charge in [0.1, 0.15) is 11.5 Å². The Morgan fingerprint density at radius 3 is 2.61 bits per heavy atom. The number of halogens is 1. The third-order valence-electron chi connectivity index (χ3n) is 7.01. The molecule has 0 bridgehead atoms. The summed E-state index contributed by atoms with van der Waals surface area (Å²) in [6, 6.07) is 5.98. The van der Waals surface area contributed by atoms with E-state index >= 15 is 0 Å². The Bertz CT molecular complexity index is 1210. The Labute approximate surface area is 201 Å². The molecule has 1 aliphatic heterocycles. The van der Waals surface area contributed by atoms with Crippen molar-refractivity contribution in [2.24, 2.45) is 11.7 Å². The number of hydrogen-bond acceptors (Lipinski definition) is 7. The number of pyridine rings is 2. The van der Waals surface area contributed by atoms with Gasteiger partial charge in [-0.25, -0.2) is 9.97 Å². The average Bonchev–Trinajstić information content (AvgIpc) is 3.48. The molecule has 3 N–H and O–H groups in total. The van der Waals surface area contributed by atoms with Gasteiger partial charge >= 0.3 is 0 Å². The van der Waals surface area contributed by atoms with Crippen molar-refractivity contribution >= 4 is 44.4 Å². The highest BCUT2D eigenvalue weighted by Crippen LogP contribution is 2.32. The molecule has 9 heteroatoms. The molecule has 2 aliphatic rings. The molecule has 4 heterocycles. The van der Waals surface area contributed by atoms with Crippen LogP contribution in [-0.2, 0) is 0 Å². The van der Waals surface area contributed by atoms with E-state index in [0.29, 0.717) is 27.8 Å². The summed E-state index contributed by atoms with van der Waals surface area (Å²) in [6.07, 6.45) is 9.00. The number of rotatable bonds is 5. The molecule has 1 saturated carbocycles. The molecule has 0 spiro atoms. The van der Waals surface area contributed by atoms with Crippen molar-refractivity contribution in [2.45, 2.75) is 57.5 Å². The zero-order chi connectivity index (χ0) is 23.2. The van der Waals surface area contributed by atoms with Crippen LogP contribution in [0.25, 0.3) is 11.0 Å². The van der Waals surface area contributed by atoms with Crippen LogP contribution < -0.4 is 21.5 Å². The fourth-order valence-electron chi connectivity index (χ4n) is 5.01. The van der Waals surface area contributed by atoms with E-state index in [1.165, 1.54) is 0 Å². The molecular weight excluding hydrogens is 482 g/mol. The first-order chi connectivity index (χ1) is 15.8. The summed E-state index contributed by atoms with van der Waals surface area (Å²) < 4.78 is 2.38. The second-order valence-corrected chi connectivity index (χ2v) is 10.7. The molecule has 0 aromatic carbocycles. The van der Waals surface area contributed by atoms with E-state index in [1.54, 1.807) is 12.3 Å². The van der Waals surface area contributed by atoms with E-state index in [0.717, 1.165) is 56.3 Å². The molecule has 1 unspecified atom stereocenters. The predicted molar refractivity (Wildman–Crippen MR) is 135 cm³/mol. The van der Waals surface area contributed by atoms with Gasteiger partial charge in [-0.3, -0.25) is 9.36 Å². The van der Waals surface area contributed by atoms with E-state index in [9.17, 15) is 4.79 Å². The highest BCUT2D eigenvalue weighted by Gasteiger charge is 2.32. The summed E-state index contributed by atoms with van der Waals surface area (Å²) >= 11 is 3.41. The minimum absolute atomic E-state index is 0.0360. The SMILES string of the molecule is CC(C)(N)C1CCN(c2ccc(Nc3ncc4cc(Br)c(=O)n(C5CCCC5)c4n3)nc2)C1. The number of fused-ring (bicyclic) bond motifs is 1. The van der Waals surface area contributed by atoms with Gasteiger partial charge in [-0.1, -0.05) is 12.8 Å². The Hall–Kier alpha value is -2.52. The van der Waals surface area contributed by atoms with Gasteiger partial charge in [-0.05, 0) is 73.2 Å². The maximum absolute atomic E-state index is 12.9. The van der Waals surface area contributed by atoms with Crippen LogP contribution in [0.1, 0.15) is 52.0 Å². The number of nitrogens with two attached hydrogens (primary N) is 1. The lowest BCUT2D eigenvalue weighted by atomic mass is 9.88. The number of hydrogen-bond donors (Lipinski definition) is 2. The van der Waals surface area contributed by atoms with Crippen LogP contribution in [-0.4, -0.2) is 38.1 Å². The van der Waals surface area contributed by atoms with E-state index in [2.05, 4.69) is 56.0 Å². The van der Waals surface area contributed by atoms with Gasteiger partial charge in [0.15, 0.2) is 0 Å². The maximum Gasteiger partial charge on any atom is 0.266 e. The molecule has 33 heavy (non-hydrogen) atoms. The summed E-state index contributed by atoms with van der Waals surface area (Å²) in [5.41, 5.74) is 7.85. The number of nitrogens with one attached hydrogen (secondary N) is 1. The molecule has 0 radical (unpaired) electrons. The van der Waals surface area contributed by atoms with Crippen molar-refractivity contribution in [1.82, 2.24) is 19.5 Å². The standard InChI is InChI=1S/C24H30BrN7O/c1-24(2,26)16-9-10-31(14-16)18-7-8-20(27-13-18)29-23-28-12-15-11-19(25)22(33)32(21(15)30-23)17-5-3-4-6-17/h7-8,11-13,16-17H,3-6,9-10,14,26H2,1-2H3,(H,27,28,29,30). The smallest absolute Gasteiger partial charge is 0.266 e. The maximum atomic E-state index is 12.9. The second-order valence-electron chi connectivity index (χ2n) is 9.86. The van der Waals surface area contributed by atoms with Gasteiger partial charge in [0.05, 0.1) is 16.4 Å². The summed E-state index contributed by atoms with van der Waals surface area (Å²) in [5, 5.41) is 4.04. The molecule has 174 valence electrons. The third-order valence-corrected chi connectivity index (χ3v) is 7.58. The Morgan fingerprint density at radius 1 is 1.15 bits per heavy atom. The largest absolute Gasteiger partial charge is 0.370 e.